The molecule has 1 aliphatic rings. The highest BCUT2D eigenvalue weighted by Crippen LogP contribution is 2.39. The first-order valence-corrected chi connectivity index (χ1v) is 5.88. The number of hydrogen-bond acceptors (Lipinski definition) is 2. The van der Waals surface area contributed by atoms with Crippen molar-refractivity contribution in [2.75, 3.05) is 0 Å². The van der Waals surface area contributed by atoms with Gasteiger partial charge >= 0.3 is 0 Å². The van der Waals surface area contributed by atoms with Crippen LogP contribution in [0, 0.1) is 5.92 Å². The van der Waals surface area contributed by atoms with E-state index in [0.29, 0.717) is 18.1 Å². The first kappa shape index (κ1) is 10.3. The molecule has 86 valence electrons. The Morgan fingerprint density at radius 3 is 2.71 bits per heavy atom. The van der Waals surface area contributed by atoms with E-state index in [2.05, 4.69) is 5.10 Å². The van der Waals surface area contributed by atoms with E-state index in [-0.39, 0.29) is 5.92 Å². The highest BCUT2D eigenvalue weighted by atomic mass is 16.1. The zero-order chi connectivity index (χ0) is 11.8. The minimum Gasteiger partial charge on any atom is -0.299 e. The van der Waals surface area contributed by atoms with Crippen molar-refractivity contribution in [3.8, 4) is 5.69 Å². The van der Waals surface area contributed by atoms with Crippen LogP contribution in [0.4, 0.5) is 0 Å². The molecule has 3 nitrogen and oxygen atoms in total. The molecule has 3 rings (SSSR count). The minimum atomic E-state index is 0.156. The van der Waals surface area contributed by atoms with Crippen LogP contribution in [0.2, 0.25) is 0 Å². The van der Waals surface area contributed by atoms with Gasteiger partial charge in [-0.1, -0.05) is 25.1 Å². The number of para-hydroxylation sites is 1. The Bertz CT molecular complexity index is 544. The van der Waals surface area contributed by atoms with E-state index in [1.165, 1.54) is 5.56 Å². The number of carbonyl (C=O) groups is 1. The van der Waals surface area contributed by atoms with Gasteiger partial charge in [-0.3, -0.25) is 4.79 Å². The van der Waals surface area contributed by atoms with E-state index in [4.69, 9.17) is 0 Å². The summed E-state index contributed by atoms with van der Waals surface area (Å²) in [5.41, 5.74) is 2.22. The molecule has 2 unspecified atom stereocenters. The molecule has 2 atom stereocenters. The molecular weight excluding hydrogens is 212 g/mol. The second kappa shape index (κ2) is 3.84. The molecule has 1 saturated carbocycles. The van der Waals surface area contributed by atoms with E-state index in [9.17, 15) is 4.79 Å². The van der Waals surface area contributed by atoms with E-state index in [1.807, 2.05) is 54.3 Å². The zero-order valence-electron chi connectivity index (χ0n) is 9.71. The van der Waals surface area contributed by atoms with Gasteiger partial charge in [0.2, 0.25) is 0 Å². The summed E-state index contributed by atoms with van der Waals surface area (Å²) >= 11 is 0. The monoisotopic (exact) mass is 226 g/mol. The van der Waals surface area contributed by atoms with Crippen LogP contribution in [0.3, 0.4) is 0 Å². The van der Waals surface area contributed by atoms with E-state index < -0.39 is 0 Å². The second-order valence-electron chi connectivity index (χ2n) is 4.62. The van der Waals surface area contributed by atoms with Gasteiger partial charge in [0, 0.05) is 24.5 Å². The van der Waals surface area contributed by atoms with Crippen LogP contribution in [0.15, 0.2) is 42.7 Å². The number of benzene rings is 1. The summed E-state index contributed by atoms with van der Waals surface area (Å²) in [5.74, 6) is 0.880. The molecule has 1 aromatic carbocycles. The number of rotatable bonds is 2. The number of nitrogens with zero attached hydrogens (tertiary/aromatic N) is 2. The van der Waals surface area contributed by atoms with Crippen molar-refractivity contribution in [1.82, 2.24) is 9.78 Å². The maximum atomic E-state index is 11.3. The Morgan fingerprint density at radius 1 is 1.29 bits per heavy atom. The summed E-state index contributed by atoms with van der Waals surface area (Å²) in [4.78, 5) is 11.3. The third kappa shape index (κ3) is 1.68. The van der Waals surface area contributed by atoms with Gasteiger partial charge in [-0.2, -0.15) is 5.10 Å². The van der Waals surface area contributed by atoms with Crippen LogP contribution in [0.5, 0.6) is 0 Å². The lowest BCUT2D eigenvalue weighted by Gasteiger charge is -2.31. The fraction of sp³-hybridized carbons (Fsp3) is 0.286. The molecule has 1 aliphatic carbocycles. The molecule has 0 saturated heterocycles. The Labute approximate surface area is 100 Å². The van der Waals surface area contributed by atoms with Crippen molar-refractivity contribution >= 4 is 5.78 Å². The van der Waals surface area contributed by atoms with Gasteiger partial charge in [0.15, 0.2) is 0 Å². The first-order chi connectivity index (χ1) is 8.25. The average Bonchev–Trinajstić information content (AvgIpc) is 2.85. The van der Waals surface area contributed by atoms with Crippen LogP contribution in [0.25, 0.3) is 5.69 Å². The molecule has 0 N–H and O–H groups in total. The number of Topliss-reactive ketones (excluding diaryl/α,β-unsaturated/α-hetero) is 1. The highest BCUT2D eigenvalue weighted by molar-refractivity contribution is 5.88. The fourth-order valence-corrected chi connectivity index (χ4v) is 2.30. The Kier molecular flexibility index (Phi) is 2.32. The zero-order valence-corrected chi connectivity index (χ0v) is 9.71. The standard InChI is InChI=1S/C14H14N2O/c1-10-13(7-14(10)17)11-8-15-16(9-11)12-5-3-2-4-6-12/h2-6,8-10,13H,7H2,1H3. The van der Waals surface area contributed by atoms with Crippen molar-refractivity contribution in [3.05, 3.63) is 48.3 Å². The summed E-state index contributed by atoms with van der Waals surface area (Å²) in [6, 6.07) is 10.0. The van der Waals surface area contributed by atoms with Gasteiger partial charge in [-0.05, 0) is 17.7 Å². The maximum Gasteiger partial charge on any atom is 0.136 e. The average molecular weight is 226 g/mol. The number of ketones is 1. The van der Waals surface area contributed by atoms with E-state index in [1.54, 1.807) is 0 Å². The number of aromatic nitrogens is 2. The van der Waals surface area contributed by atoms with Crippen molar-refractivity contribution in [3.63, 3.8) is 0 Å². The van der Waals surface area contributed by atoms with Gasteiger partial charge in [-0.15, -0.1) is 0 Å². The van der Waals surface area contributed by atoms with Gasteiger partial charge in [0.05, 0.1) is 11.9 Å². The number of carbonyl (C=O) groups excluding carboxylic acids is 1. The molecule has 3 heteroatoms. The summed E-state index contributed by atoms with van der Waals surface area (Å²) in [6.45, 7) is 2.00. The maximum absolute atomic E-state index is 11.3. The molecule has 17 heavy (non-hydrogen) atoms. The third-order valence-corrected chi connectivity index (χ3v) is 3.58. The predicted molar refractivity (Wildman–Crippen MR) is 65.1 cm³/mol. The summed E-state index contributed by atoms with van der Waals surface area (Å²) in [6.07, 6.45) is 4.57. The molecule has 0 aliphatic heterocycles. The lowest BCUT2D eigenvalue weighted by Crippen LogP contribution is -2.32. The van der Waals surface area contributed by atoms with Gasteiger partial charge in [0.25, 0.3) is 0 Å². The normalized spacial score (nSPS) is 23.5. The molecule has 2 aromatic rings. The molecule has 0 amide bonds. The molecular formula is C14H14N2O. The Hall–Kier alpha value is -1.90. The van der Waals surface area contributed by atoms with Crippen LogP contribution in [0.1, 0.15) is 24.8 Å². The largest absolute Gasteiger partial charge is 0.299 e. The smallest absolute Gasteiger partial charge is 0.136 e. The SMILES string of the molecule is CC1C(=O)CC1c1cnn(-c2ccccc2)c1. The minimum absolute atomic E-state index is 0.156. The van der Waals surface area contributed by atoms with Crippen molar-refractivity contribution in [1.29, 1.82) is 0 Å². The highest BCUT2D eigenvalue weighted by Gasteiger charge is 2.37. The van der Waals surface area contributed by atoms with Crippen LogP contribution in [-0.2, 0) is 4.79 Å². The van der Waals surface area contributed by atoms with Crippen molar-refractivity contribution in [2.24, 2.45) is 5.92 Å². The molecule has 0 radical (unpaired) electrons. The van der Waals surface area contributed by atoms with Gasteiger partial charge < -0.3 is 0 Å². The summed E-state index contributed by atoms with van der Waals surface area (Å²) in [7, 11) is 0. The molecule has 0 bridgehead atoms. The van der Waals surface area contributed by atoms with Crippen molar-refractivity contribution < 1.29 is 4.79 Å². The second-order valence-corrected chi connectivity index (χ2v) is 4.62. The van der Waals surface area contributed by atoms with Crippen LogP contribution in [-0.4, -0.2) is 15.6 Å². The lowest BCUT2D eigenvalue weighted by atomic mass is 9.71. The van der Waals surface area contributed by atoms with E-state index >= 15 is 0 Å². The number of hydrogen-bond donors (Lipinski definition) is 0. The molecule has 0 spiro atoms. The Morgan fingerprint density at radius 2 is 2.06 bits per heavy atom. The summed E-state index contributed by atoms with van der Waals surface area (Å²) < 4.78 is 1.87. The quantitative estimate of drug-likeness (QED) is 0.788. The molecule has 1 heterocycles. The topological polar surface area (TPSA) is 34.9 Å². The fourth-order valence-electron chi connectivity index (χ4n) is 2.30. The van der Waals surface area contributed by atoms with Crippen molar-refractivity contribution in [2.45, 2.75) is 19.3 Å². The van der Waals surface area contributed by atoms with Crippen LogP contribution < -0.4 is 0 Å². The molecule has 1 aromatic heterocycles. The predicted octanol–water partition coefficient (Wildman–Crippen LogP) is 2.56. The Balaban J connectivity index is 1.87. The lowest BCUT2D eigenvalue weighted by molar-refractivity contribution is -0.130. The summed E-state index contributed by atoms with van der Waals surface area (Å²) in [5, 5.41) is 4.35. The third-order valence-electron chi connectivity index (χ3n) is 3.58. The van der Waals surface area contributed by atoms with Crippen LogP contribution >= 0.6 is 0 Å². The van der Waals surface area contributed by atoms with Gasteiger partial charge in [0.1, 0.15) is 5.78 Å². The molecule has 1 fully saturated rings. The van der Waals surface area contributed by atoms with E-state index in [0.717, 1.165) is 5.69 Å². The first-order valence-electron chi connectivity index (χ1n) is 5.88. The van der Waals surface area contributed by atoms with Gasteiger partial charge in [-0.25, -0.2) is 4.68 Å².